The minimum atomic E-state index is -0.254. The van der Waals surface area contributed by atoms with Crippen molar-refractivity contribution in [2.75, 3.05) is 26.2 Å². The smallest absolute Gasteiger partial charge is 0.269 e. The number of carbonyl (C=O) groups excluding carboxylic acids is 1. The van der Waals surface area contributed by atoms with Crippen LogP contribution in [-0.4, -0.2) is 52.1 Å². The number of aromatic amines is 1. The van der Waals surface area contributed by atoms with Crippen LogP contribution in [0.15, 0.2) is 48.5 Å². The molecule has 0 aliphatic carbocycles. The predicted octanol–water partition coefficient (Wildman–Crippen LogP) is 3.21. The van der Waals surface area contributed by atoms with Gasteiger partial charge in [-0.1, -0.05) is 36.8 Å². The largest absolute Gasteiger partial charge is 0.361 e. The summed E-state index contributed by atoms with van der Waals surface area (Å²) >= 11 is 5.26. The van der Waals surface area contributed by atoms with Gasteiger partial charge in [0.15, 0.2) is 5.11 Å². The molecular weight excluding hydrogens is 408 g/mol. The van der Waals surface area contributed by atoms with Crippen LogP contribution in [0.3, 0.4) is 0 Å². The van der Waals surface area contributed by atoms with Crippen molar-refractivity contribution in [1.29, 1.82) is 0 Å². The molecule has 31 heavy (non-hydrogen) atoms. The number of imidazole rings is 1. The quantitative estimate of drug-likeness (QED) is 0.270. The summed E-state index contributed by atoms with van der Waals surface area (Å²) in [5.41, 5.74) is 8.59. The number of hydrogen-bond donors (Lipinski definition) is 4. The summed E-state index contributed by atoms with van der Waals surface area (Å²) in [5, 5.41) is 3.56. The third-order valence-corrected chi connectivity index (χ3v) is 5.71. The van der Waals surface area contributed by atoms with E-state index in [0.29, 0.717) is 10.7 Å². The van der Waals surface area contributed by atoms with Gasteiger partial charge >= 0.3 is 0 Å². The Labute approximate surface area is 187 Å². The van der Waals surface area contributed by atoms with E-state index in [1.54, 1.807) is 12.1 Å². The lowest BCUT2D eigenvalue weighted by Crippen LogP contribution is -2.47. The Balaban J connectivity index is 1.24. The van der Waals surface area contributed by atoms with Gasteiger partial charge in [0, 0.05) is 17.7 Å². The van der Waals surface area contributed by atoms with Gasteiger partial charge in [-0.25, -0.2) is 4.98 Å². The fraction of sp³-hybridized carbons (Fsp3) is 0.348. The van der Waals surface area contributed by atoms with Crippen LogP contribution in [0.1, 0.15) is 36.0 Å². The van der Waals surface area contributed by atoms with Gasteiger partial charge in [0.05, 0.1) is 11.0 Å². The molecule has 1 fully saturated rings. The number of carbonyl (C=O) groups is 1. The van der Waals surface area contributed by atoms with Crippen LogP contribution in [0, 0.1) is 0 Å². The molecule has 0 bridgehead atoms. The number of hydrazine groups is 1. The normalized spacial score (nSPS) is 14.3. The number of nitrogens with one attached hydrogen (secondary N) is 4. The SMILES string of the molecule is O=C(NNC(=S)NCCCN1CCCCC1)c1ccc2nc(-c3ccccc3)[nH]c2c1. The number of piperidine rings is 1. The van der Waals surface area contributed by atoms with Crippen molar-refractivity contribution in [2.45, 2.75) is 25.7 Å². The first-order valence-electron chi connectivity index (χ1n) is 10.8. The summed E-state index contributed by atoms with van der Waals surface area (Å²) in [6.07, 6.45) is 4.98. The van der Waals surface area contributed by atoms with E-state index in [4.69, 9.17) is 12.2 Å². The lowest BCUT2D eigenvalue weighted by Gasteiger charge is -2.26. The number of fused-ring (bicyclic) bond motifs is 1. The van der Waals surface area contributed by atoms with Gasteiger partial charge in [-0.15, -0.1) is 0 Å². The van der Waals surface area contributed by atoms with Gasteiger partial charge < -0.3 is 15.2 Å². The zero-order valence-electron chi connectivity index (χ0n) is 17.5. The number of rotatable bonds is 6. The molecule has 4 rings (SSSR count). The summed E-state index contributed by atoms with van der Waals surface area (Å²) in [7, 11) is 0. The number of nitrogens with zero attached hydrogens (tertiary/aromatic N) is 2. The maximum absolute atomic E-state index is 12.5. The number of aromatic nitrogens is 2. The number of hydrogen-bond acceptors (Lipinski definition) is 4. The molecule has 1 aliphatic heterocycles. The zero-order valence-corrected chi connectivity index (χ0v) is 18.3. The molecule has 0 saturated carbocycles. The van der Waals surface area contributed by atoms with Crippen LogP contribution in [0.25, 0.3) is 22.4 Å². The second kappa shape index (κ2) is 10.4. The molecule has 7 nitrogen and oxygen atoms in total. The standard InChI is InChI=1S/C23H28N6OS/c30-22(27-28-23(31)24-12-7-15-29-13-5-2-6-14-29)18-10-11-19-20(16-18)26-21(25-19)17-8-3-1-4-9-17/h1,3-4,8-11,16H,2,5-7,12-15H2,(H,25,26)(H,27,30)(H2,24,28,31). The Hall–Kier alpha value is -2.97. The summed E-state index contributed by atoms with van der Waals surface area (Å²) in [5.74, 6) is 0.524. The lowest BCUT2D eigenvalue weighted by atomic mass is 10.1. The molecular formula is C23H28N6OS. The van der Waals surface area contributed by atoms with Crippen LogP contribution in [0.5, 0.6) is 0 Å². The zero-order chi connectivity index (χ0) is 21.5. The van der Waals surface area contributed by atoms with Crippen LogP contribution in [0.2, 0.25) is 0 Å². The second-order valence-electron chi connectivity index (χ2n) is 7.77. The highest BCUT2D eigenvalue weighted by Gasteiger charge is 2.11. The van der Waals surface area contributed by atoms with Gasteiger partial charge in [-0.3, -0.25) is 15.6 Å². The summed E-state index contributed by atoms with van der Waals surface area (Å²) in [6.45, 7) is 4.26. The highest BCUT2D eigenvalue weighted by molar-refractivity contribution is 7.80. The van der Waals surface area contributed by atoms with E-state index in [-0.39, 0.29) is 5.91 Å². The van der Waals surface area contributed by atoms with Gasteiger partial charge in [0.2, 0.25) is 0 Å². The predicted molar refractivity (Wildman–Crippen MR) is 128 cm³/mol. The van der Waals surface area contributed by atoms with E-state index < -0.39 is 0 Å². The Kier molecular flexibility index (Phi) is 7.11. The number of thiocarbonyl (C=S) groups is 1. The van der Waals surface area contributed by atoms with Gasteiger partial charge in [-0.2, -0.15) is 0 Å². The van der Waals surface area contributed by atoms with Gasteiger partial charge in [0.25, 0.3) is 5.91 Å². The number of benzene rings is 2. The topological polar surface area (TPSA) is 85.1 Å². The molecule has 0 spiro atoms. The molecule has 1 saturated heterocycles. The van der Waals surface area contributed by atoms with Gasteiger partial charge in [-0.05, 0) is 69.3 Å². The van der Waals surface area contributed by atoms with Crippen molar-refractivity contribution >= 4 is 34.3 Å². The van der Waals surface area contributed by atoms with E-state index in [9.17, 15) is 4.79 Å². The Morgan fingerprint density at radius 2 is 1.87 bits per heavy atom. The van der Waals surface area contributed by atoms with Crippen LogP contribution >= 0.6 is 12.2 Å². The first-order valence-corrected chi connectivity index (χ1v) is 11.2. The third kappa shape index (κ3) is 5.80. The molecule has 0 radical (unpaired) electrons. The molecule has 0 atom stereocenters. The van der Waals surface area contributed by atoms with E-state index in [2.05, 4.69) is 31.0 Å². The number of amides is 1. The van der Waals surface area contributed by atoms with Crippen molar-refractivity contribution in [3.8, 4) is 11.4 Å². The maximum atomic E-state index is 12.5. The summed E-state index contributed by atoms with van der Waals surface area (Å²) in [6, 6.07) is 15.3. The highest BCUT2D eigenvalue weighted by atomic mass is 32.1. The fourth-order valence-electron chi connectivity index (χ4n) is 3.80. The van der Waals surface area contributed by atoms with Gasteiger partial charge in [0.1, 0.15) is 5.82 Å². The first-order chi connectivity index (χ1) is 15.2. The maximum Gasteiger partial charge on any atom is 0.269 e. The van der Waals surface area contributed by atoms with Crippen molar-refractivity contribution in [2.24, 2.45) is 0 Å². The molecule has 2 aromatic carbocycles. The molecule has 2 heterocycles. The minimum Gasteiger partial charge on any atom is -0.361 e. The molecule has 0 unspecified atom stereocenters. The van der Waals surface area contributed by atoms with E-state index in [1.165, 1.54) is 32.4 Å². The summed E-state index contributed by atoms with van der Waals surface area (Å²) < 4.78 is 0. The number of likely N-dealkylation sites (tertiary alicyclic amines) is 1. The average molecular weight is 437 g/mol. The van der Waals surface area contributed by atoms with Crippen molar-refractivity contribution in [3.05, 3.63) is 54.1 Å². The molecule has 162 valence electrons. The molecule has 8 heteroatoms. The second-order valence-corrected chi connectivity index (χ2v) is 8.18. The van der Waals surface area contributed by atoms with Crippen molar-refractivity contribution in [1.82, 2.24) is 31.0 Å². The fourth-order valence-corrected chi connectivity index (χ4v) is 3.95. The Bertz CT molecular complexity index is 1030. The van der Waals surface area contributed by atoms with Crippen molar-refractivity contribution in [3.63, 3.8) is 0 Å². The molecule has 4 N–H and O–H groups in total. The monoisotopic (exact) mass is 436 g/mol. The van der Waals surface area contributed by atoms with E-state index in [0.717, 1.165) is 41.9 Å². The number of H-pyrrole nitrogens is 1. The van der Waals surface area contributed by atoms with E-state index in [1.807, 2.05) is 36.4 Å². The molecule has 1 aliphatic rings. The first kappa shape index (κ1) is 21.3. The molecule has 1 aromatic heterocycles. The van der Waals surface area contributed by atoms with E-state index >= 15 is 0 Å². The highest BCUT2D eigenvalue weighted by Crippen LogP contribution is 2.21. The molecule has 3 aromatic rings. The van der Waals surface area contributed by atoms with Crippen molar-refractivity contribution < 1.29 is 4.79 Å². The lowest BCUT2D eigenvalue weighted by molar-refractivity contribution is 0.0944. The van der Waals surface area contributed by atoms with Crippen LogP contribution in [0.4, 0.5) is 0 Å². The minimum absolute atomic E-state index is 0.254. The van der Waals surface area contributed by atoms with Crippen LogP contribution in [-0.2, 0) is 0 Å². The molecule has 1 amide bonds. The summed E-state index contributed by atoms with van der Waals surface area (Å²) in [4.78, 5) is 22.9. The average Bonchev–Trinajstić information content (AvgIpc) is 3.25. The Morgan fingerprint density at radius 1 is 1.06 bits per heavy atom. The van der Waals surface area contributed by atoms with Crippen LogP contribution < -0.4 is 16.2 Å². The Morgan fingerprint density at radius 3 is 2.68 bits per heavy atom. The third-order valence-electron chi connectivity index (χ3n) is 5.47.